The minimum absolute atomic E-state index is 0.120. The number of aliphatic hydroxyl groups excluding tert-OH is 1. The quantitative estimate of drug-likeness (QED) is 0.530. The molecule has 174 valence electrons. The Bertz CT molecular complexity index is 1290. The molecule has 5 nitrogen and oxygen atoms in total. The highest BCUT2D eigenvalue weighted by molar-refractivity contribution is 7.89. The molecule has 1 N–H and O–H groups in total. The third-order valence-electron chi connectivity index (χ3n) is 5.92. The number of sulfonamides is 1. The van der Waals surface area contributed by atoms with Crippen LogP contribution in [0.15, 0.2) is 59.5 Å². The van der Waals surface area contributed by atoms with Gasteiger partial charge < -0.3 is 5.11 Å². The summed E-state index contributed by atoms with van der Waals surface area (Å²) < 4.78 is 43.7. The van der Waals surface area contributed by atoms with E-state index in [0.29, 0.717) is 16.2 Å². The molecule has 0 amide bonds. The molecule has 4 rings (SSSR count). The lowest BCUT2D eigenvalue weighted by atomic mass is 9.87. The number of benzene rings is 2. The molecule has 1 aliphatic heterocycles. The van der Waals surface area contributed by atoms with Gasteiger partial charge in [0.15, 0.2) is 5.78 Å². The fourth-order valence-electron chi connectivity index (χ4n) is 4.09. The van der Waals surface area contributed by atoms with Crippen LogP contribution in [0.5, 0.6) is 0 Å². The second kappa shape index (κ2) is 8.76. The van der Waals surface area contributed by atoms with Crippen LogP contribution in [0.25, 0.3) is 0 Å². The van der Waals surface area contributed by atoms with E-state index in [1.807, 2.05) is 12.1 Å². The zero-order chi connectivity index (χ0) is 24.0. The first kappa shape index (κ1) is 23.8. The lowest BCUT2D eigenvalue weighted by molar-refractivity contribution is 0.0908. The molecule has 3 aromatic rings. The van der Waals surface area contributed by atoms with E-state index in [1.54, 1.807) is 36.4 Å². The van der Waals surface area contributed by atoms with E-state index in [0.717, 1.165) is 22.5 Å². The standard InChI is InChI=1S/C25H26FNO4S2/c1-25(2,3)17-8-10-18(11-9-17)33(30,31)27-13-12-16-14-22(21(29)15-28)32-24(16)23(27)19-6-4-5-7-20(19)26/h4-11,14,23,28H,12-13,15H2,1-3H3. The van der Waals surface area contributed by atoms with E-state index < -0.39 is 34.3 Å². The number of hydrogen-bond acceptors (Lipinski definition) is 5. The highest BCUT2D eigenvalue weighted by Gasteiger charge is 2.40. The molecule has 0 saturated heterocycles. The Kier molecular flexibility index (Phi) is 6.30. The number of carbonyl (C=O) groups excluding carboxylic acids is 1. The van der Waals surface area contributed by atoms with Crippen molar-refractivity contribution < 1.29 is 22.7 Å². The maximum absolute atomic E-state index is 14.9. The van der Waals surface area contributed by atoms with Crippen LogP contribution in [0.4, 0.5) is 4.39 Å². The van der Waals surface area contributed by atoms with Crippen molar-refractivity contribution in [3.8, 4) is 0 Å². The largest absolute Gasteiger partial charge is 0.388 e. The van der Waals surface area contributed by atoms with E-state index in [-0.39, 0.29) is 22.4 Å². The summed E-state index contributed by atoms with van der Waals surface area (Å²) in [7, 11) is -3.96. The van der Waals surface area contributed by atoms with Gasteiger partial charge >= 0.3 is 0 Å². The minimum atomic E-state index is -3.96. The number of rotatable bonds is 5. The van der Waals surface area contributed by atoms with E-state index >= 15 is 0 Å². The predicted octanol–water partition coefficient (Wildman–Crippen LogP) is 4.70. The molecule has 2 heterocycles. The molecule has 1 aromatic heterocycles. The van der Waals surface area contributed by atoms with E-state index in [2.05, 4.69) is 20.8 Å². The van der Waals surface area contributed by atoms with Crippen molar-refractivity contribution in [2.75, 3.05) is 13.2 Å². The lowest BCUT2D eigenvalue weighted by Crippen LogP contribution is -2.40. The van der Waals surface area contributed by atoms with E-state index in [9.17, 15) is 22.7 Å². The van der Waals surface area contributed by atoms with Gasteiger partial charge in [-0.1, -0.05) is 51.1 Å². The van der Waals surface area contributed by atoms with E-state index in [4.69, 9.17) is 0 Å². The molecule has 1 atom stereocenters. The minimum Gasteiger partial charge on any atom is -0.388 e. The number of halogens is 1. The van der Waals surface area contributed by atoms with Crippen molar-refractivity contribution in [3.05, 3.63) is 86.9 Å². The average Bonchev–Trinajstić information content (AvgIpc) is 3.22. The summed E-state index contributed by atoms with van der Waals surface area (Å²) in [5.41, 5.74) is 1.93. The zero-order valence-electron chi connectivity index (χ0n) is 18.7. The molecule has 0 bridgehead atoms. The maximum Gasteiger partial charge on any atom is 0.243 e. The van der Waals surface area contributed by atoms with Gasteiger partial charge in [-0.05, 0) is 47.2 Å². The number of Topliss-reactive ketones (excluding diaryl/α,β-unsaturated/α-hetero) is 1. The van der Waals surface area contributed by atoms with Crippen LogP contribution in [0.2, 0.25) is 0 Å². The summed E-state index contributed by atoms with van der Waals surface area (Å²) in [5.74, 6) is -0.948. The number of fused-ring (bicyclic) bond motifs is 1. The maximum atomic E-state index is 14.9. The van der Waals surface area contributed by atoms with Gasteiger partial charge in [0.25, 0.3) is 0 Å². The molecule has 0 spiro atoms. The number of aliphatic hydroxyl groups is 1. The SMILES string of the molecule is CC(C)(C)c1ccc(S(=O)(=O)N2CCc3cc(C(=O)CO)sc3C2c2ccccc2F)cc1. The first-order chi connectivity index (χ1) is 15.5. The third-order valence-corrected chi connectivity index (χ3v) is 9.07. The monoisotopic (exact) mass is 487 g/mol. The average molecular weight is 488 g/mol. The molecule has 0 aliphatic carbocycles. The topological polar surface area (TPSA) is 74.7 Å². The molecule has 8 heteroatoms. The molecule has 0 saturated carbocycles. The van der Waals surface area contributed by atoms with Crippen molar-refractivity contribution in [2.45, 2.75) is 43.5 Å². The highest BCUT2D eigenvalue weighted by atomic mass is 32.2. The van der Waals surface area contributed by atoms with Crippen LogP contribution >= 0.6 is 11.3 Å². The first-order valence-electron chi connectivity index (χ1n) is 10.7. The molecule has 1 unspecified atom stereocenters. The van der Waals surface area contributed by atoms with Gasteiger partial charge in [-0.3, -0.25) is 4.79 Å². The van der Waals surface area contributed by atoms with Crippen LogP contribution in [-0.2, 0) is 21.9 Å². The number of hydrogen-bond donors (Lipinski definition) is 1. The molecule has 0 fully saturated rings. The van der Waals surface area contributed by atoms with Gasteiger partial charge in [0.05, 0.1) is 15.8 Å². The summed E-state index contributed by atoms with van der Waals surface area (Å²) in [6.07, 6.45) is 0.398. The zero-order valence-corrected chi connectivity index (χ0v) is 20.3. The number of carbonyl (C=O) groups is 1. The Morgan fingerprint density at radius 3 is 2.42 bits per heavy atom. The molecule has 0 radical (unpaired) electrons. The molecule has 1 aliphatic rings. The lowest BCUT2D eigenvalue weighted by Gasteiger charge is -2.35. The second-order valence-corrected chi connectivity index (χ2v) is 12.1. The second-order valence-electron chi connectivity index (χ2n) is 9.15. The van der Waals surface area contributed by atoms with Crippen molar-refractivity contribution in [1.29, 1.82) is 0 Å². The van der Waals surface area contributed by atoms with Crippen LogP contribution in [0.3, 0.4) is 0 Å². The van der Waals surface area contributed by atoms with Crippen LogP contribution < -0.4 is 0 Å². The van der Waals surface area contributed by atoms with Gasteiger partial charge in [0.1, 0.15) is 12.4 Å². The van der Waals surface area contributed by atoms with E-state index in [1.165, 1.54) is 10.4 Å². The Hall–Kier alpha value is -2.39. The molecular formula is C25H26FNO4S2. The van der Waals surface area contributed by atoms with Crippen LogP contribution in [0, 0.1) is 5.82 Å². The summed E-state index contributed by atoms with van der Waals surface area (Å²) in [6, 6.07) is 13.7. The fourth-order valence-corrected chi connectivity index (χ4v) is 7.01. The van der Waals surface area contributed by atoms with Gasteiger partial charge in [-0.25, -0.2) is 12.8 Å². The van der Waals surface area contributed by atoms with Crippen molar-refractivity contribution in [3.63, 3.8) is 0 Å². The Labute approximate surface area is 197 Å². The summed E-state index contributed by atoms with van der Waals surface area (Å²) in [5, 5.41) is 9.28. The van der Waals surface area contributed by atoms with Crippen molar-refractivity contribution in [2.24, 2.45) is 0 Å². The Morgan fingerprint density at radius 2 is 1.82 bits per heavy atom. The molecule has 2 aromatic carbocycles. The van der Waals surface area contributed by atoms with Crippen LogP contribution in [-0.4, -0.2) is 36.8 Å². The molecule has 33 heavy (non-hydrogen) atoms. The Balaban J connectivity index is 1.84. The summed E-state index contributed by atoms with van der Waals surface area (Å²) in [6.45, 7) is 5.68. The summed E-state index contributed by atoms with van der Waals surface area (Å²) >= 11 is 1.12. The number of nitrogens with zero attached hydrogens (tertiary/aromatic N) is 1. The number of thiophene rings is 1. The normalized spacial score (nSPS) is 17.1. The van der Waals surface area contributed by atoms with Gasteiger partial charge in [0.2, 0.25) is 10.0 Å². The highest BCUT2D eigenvalue weighted by Crippen LogP contribution is 2.43. The fraction of sp³-hybridized carbons (Fsp3) is 0.320. The third kappa shape index (κ3) is 4.40. The predicted molar refractivity (Wildman–Crippen MR) is 127 cm³/mol. The summed E-state index contributed by atoms with van der Waals surface area (Å²) in [4.78, 5) is 13.2. The van der Waals surface area contributed by atoms with Gasteiger partial charge in [-0.2, -0.15) is 4.31 Å². The first-order valence-corrected chi connectivity index (χ1v) is 12.9. The molecular weight excluding hydrogens is 461 g/mol. The number of ketones is 1. The van der Waals surface area contributed by atoms with Crippen molar-refractivity contribution in [1.82, 2.24) is 4.31 Å². The van der Waals surface area contributed by atoms with Crippen LogP contribution in [0.1, 0.15) is 58.1 Å². The van der Waals surface area contributed by atoms with Gasteiger partial charge in [-0.15, -0.1) is 11.3 Å². The Morgan fingerprint density at radius 1 is 1.15 bits per heavy atom. The van der Waals surface area contributed by atoms with Crippen molar-refractivity contribution >= 4 is 27.1 Å². The van der Waals surface area contributed by atoms with Gasteiger partial charge in [0, 0.05) is 17.0 Å². The smallest absolute Gasteiger partial charge is 0.243 e.